The Morgan fingerprint density at radius 3 is 2.90 bits per heavy atom. The van der Waals surface area contributed by atoms with Gasteiger partial charge in [-0.05, 0) is 25.1 Å². The fourth-order valence-electron chi connectivity index (χ4n) is 2.10. The van der Waals surface area contributed by atoms with Crippen molar-refractivity contribution < 1.29 is 13.2 Å². The fraction of sp³-hybridized carbons (Fsp3) is 0.538. The molecule has 1 saturated heterocycles. The van der Waals surface area contributed by atoms with E-state index in [0.717, 1.165) is 32.8 Å². The Morgan fingerprint density at radius 2 is 2.19 bits per heavy atom. The van der Waals surface area contributed by atoms with Crippen LogP contribution in [-0.2, 0) is 14.8 Å². The number of hydrogen-bond donors (Lipinski definition) is 1. The van der Waals surface area contributed by atoms with Gasteiger partial charge in [0.25, 0.3) is 0 Å². The molecule has 0 atom stereocenters. The molecule has 1 aliphatic heterocycles. The summed E-state index contributed by atoms with van der Waals surface area (Å²) in [7, 11) is -3.68. The SMILES string of the molecule is N#Cc1ncccc1S(=O)(=O)NCCCN1CCOCC1. The average molecular weight is 310 g/mol. The van der Waals surface area contributed by atoms with E-state index < -0.39 is 10.0 Å². The molecule has 7 nitrogen and oxygen atoms in total. The van der Waals surface area contributed by atoms with Crippen molar-refractivity contribution in [1.29, 1.82) is 5.26 Å². The molecule has 0 amide bonds. The van der Waals surface area contributed by atoms with E-state index in [1.807, 2.05) is 0 Å². The van der Waals surface area contributed by atoms with Crippen molar-refractivity contribution in [2.24, 2.45) is 0 Å². The summed E-state index contributed by atoms with van der Waals surface area (Å²) >= 11 is 0. The Morgan fingerprint density at radius 1 is 1.43 bits per heavy atom. The van der Waals surface area contributed by atoms with Crippen LogP contribution in [0.25, 0.3) is 0 Å². The zero-order valence-electron chi connectivity index (χ0n) is 11.7. The van der Waals surface area contributed by atoms with Crippen LogP contribution in [0.3, 0.4) is 0 Å². The lowest BCUT2D eigenvalue weighted by Gasteiger charge is -2.26. The Bertz CT molecular complexity index is 606. The Labute approximate surface area is 124 Å². The standard InChI is InChI=1S/C13H18N4O3S/c14-11-12-13(3-1-4-15-12)21(18,19)16-5-2-6-17-7-9-20-10-8-17/h1,3-4,16H,2,5-10H2. The predicted octanol–water partition coefficient (Wildman–Crippen LogP) is -0.0461. The second kappa shape index (κ2) is 7.47. The summed E-state index contributed by atoms with van der Waals surface area (Å²) in [4.78, 5) is 5.93. The van der Waals surface area contributed by atoms with Crippen molar-refractivity contribution in [3.8, 4) is 6.07 Å². The van der Waals surface area contributed by atoms with Crippen molar-refractivity contribution >= 4 is 10.0 Å². The number of nitrogens with one attached hydrogen (secondary N) is 1. The van der Waals surface area contributed by atoms with Gasteiger partial charge >= 0.3 is 0 Å². The number of nitrogens with zero attached hydrogens (tertiary/aromatic N) is 3. The van der Waals surface area contributed by atoms with Gasteiger partial charge in [0.15, 0.2) is 5.69 Å². The van der Waals surface area contributed by atoms with Crippen molar-refractivity contribution in [1.82, 2.24) is 14.6 Å². The number of pyridine rings is 1. The molecule has 2 heterocycles. The van der Waals surface area contributed by atoms with Crippen molar-refractivity contribution in [3.05, 3.63) is 24.0 Å². The van der Waals surface area contributed by atoms with Crippen LogP contribution in [0, 0.1) is 11.3 Å². The fourth-order valence-corrected chi connectivity index (χ4v) is 3.28. The smallest absolute Gasteiger partial charge is 0.243 e. The molecular weight excluding hydrogens is 292 g/mol. The molecule has 21 heavy (non-hydrogen) atoms. The number of nitriles is 1. The van der Waals surface area contributed by atoms with Crippen LogP contribution >= 0.6 is 0 Å². The summed E-state index contributed by atoms with van der Waals surface area (Å²) in [6.07, 6.45) is 2.11. The molecule has 0 unspecified atom stereocenters. The van der Waals surface area contributed by atoms with E-state index in [9.17, 15) is 8.42 Å². The van der Waals surface area contributed by atoms with E-state index >= 15 is 0 Å². The lowest BCUT2D eigenvalue weighted by atomic mass is 10.3. The molecule has 0 saturated carbocycles. The summed E-state index contributed by atoms with van der Waals surface area (Å²) in [5, 5.41) is 8.90. The van der Waals surface area contributed by atoms with Gasteiger partial charge in [0, 0.05) is 25.8 Å². The topological polar surface area (TPSA) is 95.3 Å². The minimum absolute atomic E-state index is 0.0705. The highest BCUT2D eigenvalue weighted by molar-refractivity contribution is 7.89. The van der Waals surface area contributed by atoms with Gasteiger partial charge in [-0.15, -0.1) is 0 Å². The first-order chi connectivity index (χ1) is 10.1. The number of sulfonamides is 1. The lowest BCUT2D eigenvalue weighted by Crippen LogP contribution is -2.38. The third-order valence-electron chi connectivity index (χ3n) is 3.21. The maximum absolute atomic E-state index is 12.1. The second-order valence-corrected chi connectivity index (χ2v) is 6.40. The molecule has 1 fully saturated rings. The molecule has 8 heteroatoms. The predicted molar refractivity (Wildman–Crippen MR) is 76.0 cm³/mol. The molecular formula is C13H18N4O3S. The quantitative estimate of drug-likeness (QED) is 0.740. The van der Waals surface area contributed by atoms with E-state index in [2.05, 4.69) is 14.6 Å². The molecule has 0 bridgehead atoms. The van der Waals surface area contributed by atoms with Crippen LogP contribution in [-0.4, -0.2) is 57.7 Å². The third kappa shape index (κ3) is 4.47. The van der Waals surface area contributed by atoms with Crippen LogP contribution in [0.15, 0.2) is 23.2 Å². The first-order valence-electron chi connectivity index (χ1n) is 6.78. The van der Waals surface area contributed by atoms with E-state index in [0.29, 0.717) is 13.0 Å². The number of aromatic nitrogens is 1. The molecule has 0 aromatic carbocycles. The molecule has 0 radical (unpaired) electrons. The largest absolute Gasteiger partial charge is 0.379 e. The Hall–Kier alpha value is -1.53. The summed E-state index contributed by atoms with van der Waals surface area (Å²) < 4.78 is 32.0. The number of hydrogen-bond acceptors (Lipinski definition) is 6. The van der Waals surface area contributed by atoms with Crippen LogP contribution in [0.1, 0.15) is 12.1 Å². The van der Waals surface area contributed by atoms with E-state index in [1.54, 1.807) is 6.07 Å². The lowest BCUT2D eigenvalue weighted by molar-refractivity contribution is 0.0376. The Balaban J connectivity index is 1.85. The molecule has 0 aliphatic carbocycles. The van der Waals surface area contributed by atoms with Crippen LogP contribution in [0.2, 0.25) is 0 Å². The maximum atomic E-state index is 12.1. The first-order valence-corrected chi connectivity index (χ1v) is 8.27. The highest BCUT2D eigenvalue weighted by Gasteiger charge is 2.18. The average Bonchev–Trinajstić information content (AvgIpc) is 2.52. The van der Waals surface area contributed by atoms with E-state index in [4.69, 9.17) is 10.00 Å². The number of ether oxygens (including phenoxy) is 1. The van der Waals surface area contributed by atoms with Gasteiger partial charge in [-0.2, -0.15) is 5.26 Å². The monoisotopic (exact) mass is 310 g/mol. The van der Waals surface area contributed by atoms with Gasteiger partial charge < -0.3 is 4.74 Å². The highest BCUT2D eigenvalue weighted by atomic mass is 32.2. The van der Waals surface area contributed by atoms with Crippen molar-refractivity contribution in [2.45, 2.75) is 11.3 Å². The zero-order valence-corrected chi connectivity index (χ0v) is 12.5. The molecule has 0 spiro atoms. The summed E-state index contributed by atoms with van der Waals surface area (Å²) in [6.45, 7) is 4.38. The second-order valence-electron chi connectivity index (χ2n) is 4.67. The number of morpholine rings is 1. The van der Waals surface area contributed by atoms with Crippen LogP contribution in [0.4, 0.5) is 0 Å². The van der Waals surface area contributed by atoms with Crippen LogP contribution < -0.4 is 4.72 Å². The van der Waals surface area contributed by atoms with Crippen molar-refractivity contribution in [2.75, 3.05) is 39.4 Å². The van der Waals surface area contributed by atoms with E-state index in [1.165, 1.54) is 18.3 Å². The maximum Gasteiger partial charge on any atom is 0.243 e. The first kappa shape index (κ1) is 15.9. The van der Waals surface area contributed by atoms with Crippen LogP contribution in [0.5, 0.6) is 0 Å². The third-order valence-corrected chi connectivity index (χ3v) is 4.71. The van der Waals surface area contributed by atoms with Gasteiger partial charge in [0.05, 0.1) is 13.2 Å². The van der Waals surface area contributed by atoms with E-state index in [-0.39, 0.29) is 10.6 Å². The molecule has 1 aliphatic rings. The highest BCUT2D eigenvalue weighted by Crippen LogP contribution is 2.11. The number of rotatable bonds is 6. The molecule has 114 valence electrons. The molecule has 1 aromatic heterocycles. The van der Waals surface area contributed by atoms with Gasteiger partial charge in [-0.25, -0.2) is 18.1 Å². The Kier molecular flexibility index (Phi) is 5.64. The normalized spacial score (nSPS) is 16.5. The zero-order chi connectivity index (χ0) is 15.1. The minimum atomic E-state index is -3.68. The molecule has 1 aromatic rings. The van der Waals surface area contributed by atoms with Gasteiger partial charge in [-0.3, -0.25) is 4.90 Å². The summed E-state index contributed by atoms with van der Waals surface area (Å²) in [6, 6.07) is 4.68. The van der Waals surface area contributed by atoms with Gasteiger partial charge in [-0.1, -0.05) is 0 Å². The van der Waals surface area contributed by atoms with Gasteiger partial charge in [0.1, 0.15) is 11.0 Å². The molecule has 1 N–H and O–H groups in total. The van der Waals surface area contributed by atoms with Gasteiger partial charge in [0.2, 0.25) is 10.0 Å². The van der Waals surface area contributed by atoms with Crippen molar-refractivity contribution in [3.63, 3.8) is 0 Å². The minimum Gasteiger partial charge on any atom is -0.379 e. The summed E-state index contributed by atoms with van der Waals surface area (Å²) in [5.74, 6) is 0. The summed E-state index contributed by atoms with van der Waals surface area (Å²) in [5.41, 5.74) is -0.0850. The molecule has 2 rings (SSSR count).